The van der Waals surface area contributed by atoms with Crippen molar-refractivity contribution in [2.24, 2.45) is 0 Å². The Morgan fingerprint density at radius 2 is 1.91 bits per heavy atom. The number of nitriles is 1. The molecule has 2 rings (SSSR count). The van der Waals surface area contributed by atoms with Crippen LogP contribution in [-0.2, 0) is 6.54 Å². The number of amides is 2. The Bertz CT molecular complexity index is 723. The number of urea groups is 1. The van der Waals surface area contributed by atoms with Gasteiger partial charge in [0, 0.05) is 18.6 Å². The third-order valence-electron chi connectivity index (χ3n) is 3.02. The van der Waals surface area contributed by atoms with Crippen LogP contribution in [-0.4, -0.2) is 18.0 Å². The molecule has 0 saturated heterocycles. The van der Waals surface area contributed by atoms with Crippen LogP contribution in [0.25, 0.3) is 0 Å². The summed E-state index contributed by atoms with van der Waals surface area (Å²) in [6.45, 7) is 0.412. The number of benzene rings is 2. The van der Waals surface area contributed by atoms with Crippen molar-refractivity contribution in [3.05, 3.63) is 63.6 Å². The number of rotatable bonds is 3. The van der Waals surface area contributed by atoms with E-state index >= 15 is 0 Å². The van der Waals surface area contributed by atoms with Gasteiger partial charge in [0.2, 0.25) is 0 Å². The molecule has 112 valence electrons. The van der Waals surface area contributed by atoms with Crippen LogP contribution in [0.4, 0.5) is 10.5 Å². The second kappa shape index (κ2) is 7.17. The summed E-state index contributed by atoms with van der Waals surface area (Å²) in [5, 5.41) is 12.4. The predicted molar refractivity (Wildman–Crippen MR) is 88.1 cm³/mol. The Balaban J connectivity index is 2.02. The smallest absolute Gasteiger partial charge is 0.321 e. The number of halogens is 2. The molecule has 0 aliphatic heterocycles. The van der Waals surface area contributed by atoms with Gasteiger partial charge in [0.05, 0.1) is 22.3 Å². The van der Waals surface area contributed by atoms with Crippen molar-refractivity contribution in [2.45, 2.75) is 6.54 Å². The number of carbonyl (C=O) groups excluding carboxylic acids is 1. The van der Waals surface area contributed by atoms with Crippen LogP contribution in [0.3, 0.4) is 0 Å². The molecule has 0 heterocycles. The van der Waals surface area contributed by atoms with E-state index in [2.05, 4.69) is 11.4 Å². The Kier molecular flexibility index (Phi) is 5.26. The standard InChI is InChI=1S/C16H13Cl2N3O/c1-21(10-12-4-2-11(9-19)3-5-12)16(22)20-15-8-13(17)6-7-14(15)18/h2-8H,10H2,1H3,(H,20,22). The fraction of sp³-hybridized carbons (Fsp3) is 0.125. The van der Waals surface area contributed by atoms with E-state index in [9.17, 15) is 4.79 Å². The van der Waals surface area contributed by atoms with Crippen molar-refractivity contribution in [1.82, 2.24) is 4.90 Å². The minimum Gasteiger partial charge on any atom is -0.323 e. The van der Waals surface area contributed by atoms with Crippen molar-refractivity contribution < 1.29 is 4.79 Å². The molecule has 2 amide bonds. The van der Waals surface area contributed by atoms with E-state index in [1.165, 1.54) is 4.90 Å². The Hall–Kier alpha value is -2.22. The van der Waals surface area contributed by atoms with Gasteiger partial charge in [-0.05, 0) is 35.9 Å². The number of carbonyl (C=O) groups is 1. The molecular formula is C16H13Cl2N3O. The van der Waals surface area contributed by atoms with Gasteiger partial charge in [0.25, 0.3) is 0 Å². The highest BCUT2D eigenvalue weighted by Gasteiger charge is 2.11. The van der Waals surface area contributed by atoms with E-state index in [4.69, 9.17) is 28.5 Å². The summed E-state index contributed by atoms with van der Waals surface area (Å²) in [6.07, 6.45) is 0. The Morgan fingerprint density at radius 1 is 1.23 bits per heavy atom. The molecular weight excluding hydrogens is 321 g/mol. The molecule has 0 aromatic heterocycles. The summed E-state index contributed by atoms with van der Waals surface area (Å²) in [6, 6.07) is 13.7. The predicted octanol–water partition coefficient (Wildman–Crippen LogP) is 4.53. The summed E-state index contributed by atoms with van der Waals surface area (Å²) in [7, 11) is 1.67. The first-order valence-electron chi connectivity index (χ1n) is 6.46. The van der Waals surface area contributed by atoms with Crippen LogP contribution < -0.4 is 5.32 Å². The molecule has 0 unspecified atom stereocenters. The van der Waals surface area contributed by atoms with Crippen LogP contribution in [0.1, 0.15) is 11.1 Å². The fourth-order valence-corrected chi connectivity index (χ4v) is 2.17. The van der Waals surface area contributed by atoms with E-state index in [0.29, 0.717) is 27.8 Å². The lowest BCUT2D eigenvalue weighted by molar-refractivity contribution is 0.220. The van der Waals surface area contributed by atoms with Crippen LogP contribution in [0.5, 0.6) is 0 Å². The van der Waals surface area contributed by atoms with Crippen molar-refractivity contribution in [2.75, 3.05) is 12.4 Å². The van der Waals surface area contributed by atoms with E-state index in [1.54, 1.807) is 37.4 Å². The highest BCUT2D eigenvalue weighted by molar-refractivity contribution is 6.35. The number of nitrogens with zero attached hydrogens (tertiary/aromatic N) is 2. The normalized spacial score (nSPS) is 9.91. The average Bonchev–Trinajstić information content (AvgIpc) is 2.51. The first kappa shape index (κ1) is 16.2. The van der Waals surface area contributed by atoms with Crippen LogP contribution in [0.15, 0.2) is 42.5 Å². The SMILES string of the molecule is CN(Cc1ccc(C#N)cc1)C(=O)Nc1cc(Cl)ccc1Cl. The van der Waals surface area contributed by atoms with Crippen molar-refractivity contribution in [3.63, 3.8) is 0 Å². The maximum absolute atomic E-state index is 12.2. The Morgan fingerprint density at radius 3 is 2.55 bits per heavy atom. The fourth-order valence-electron chi connectivity index (χ4n) is 1.83. The minimum absolute atomic E-state index is 0.298. The molecule has 2 aromatic carbocycles. The monoisotopic (exact) mass is 333 g/mol. The summed E-state index contributed by atoms with van der Waals surface area (Å²) >= 11 is 11.9. The third-order valence-corrected chi connectivity index (χ3v) is 3.58. The van der Waals surface area contributed by atoms with E-state index < -0.39 is 0 Å². The summed E-state index contributed by atoms with van der Waals surface area (Å²) in [4.78, 5) is 13.7. The van der Waals surface area contributed by atoms with E-state index in [0.717, 1.165) is 5.56 Å². The van der Waals surface area contributed by atoms with Gasteiger partial charge in [0.1, 0.15) is 0 Å². The first-order valence-corrected chi connectivity index (χ1v) is 7.21. The van der Waals surface area contributed by atoms with Crippen molar-refractivity contribution >= 4 is 34.9 Å². The zero-order valence-corrected chi connectivity index (χ0v) is 13.3. The van der Waals surface area contributed by atoms with E-state index in [1.807, 2.05) is 12.1 Å². The minimum atomic E-state index is -0.298. The lowest BCUT2D eigenvalue weighted by Gasteiger charge is -2.18. The first-order chi connectivity index (χ1) is 10.5. The second-order valence-electron chi connectivity index (χ2n) is 4.72. The van der Waals surface area contributed by atoms with Crippen LogP contribution >= 0.6 is 23.2 Å². The maximum atomic E-state index is 12.2. The van der Waals surface area contributed by atoms with Gasteiger partial charge in [0.15, 0.2) is 0 Å². The van der Waals surface area contributed by atoms with Gasteiger partial charge in [-0.1, -0.05) is 35.3 Å². The van der Waals surface area contributed by atoms with Gasteiger partial charge in [-0.3, -0.25) is 0 Å². The molecule has 0 aliphatic carbocycles. The molecule has 1 N–H and O–H groups in total. The van der Waals surface area contributed by atoms with Gasteiger partial charge in [-0.15, -0.1) is 0 Å². The zero-order valence-electron chi connectivity index (χ0n) is 11.8. The van der Waals surface area contributed by atoms with Gasteiger partial charge >= 0.3 is 6.03 Å². The van der Waals surface area contributed by atoms with Gasteiger partial charge < -0.3 is 10.2 Å². The molecule has 0 atom stereocenters. The second-order valence-corrected chi connectivity index (χ2v) is 5.56. The lowest BCUT2D eigenvalue weighted by atomic mass is 10.1. The van der Waals surface area contributed by atoms with Crippen LogP contribution in [0, 0.1) is 11.3 Å². The molecule has 0 aliphatic rings. The lowest BCUT2D eigenvalue weighted by Crippen LogP contribution is -2.30. The molecule has 0 spiro atoms. The zero-order chi connectivity index (χ0) is 16.1. The maximum Gasteiger partial charge on any atom is 0.321 e. The third kappa shape index (κ3) is 4.14. The topological polar surface area (TPSA) is 56.1 Å². The number of hydrogen-bond acceptors (Lipinski definition) is 2. The molecule has 0 radical (unpaired) electrons. The summed E-state index contributed by atoms with van der Waals surface area (Å²) < 4.78 is 0. The average molecular weight is 334 g/mol. The molecule has 22 heavy (non-hydrogen) atoms. The Labute approximate surface area is 138 Å². The van der Waals surface area contributed by atoms with Gasteiger partial charge in [-0.25, -0.2) is 4.79 Å². The highest BCUT2D eigenvalue weighted by atomic mass is 35.5. The molecule has 0 saturated carbocycles. The summed E-state index contributed by atoms with van der Waals surface area (Å²) in [5.41, 5.74) is 1.97. The number of hydrogen-bond donors (Lipinski definition) is 1. The molecule has 6 heteroatoms. The largest absolute Gasteiger partial charge is 0.323 e. The van der Waals surface area contributed by atoms with Crippen LogP contribution in [0.2, 0.25) is 10.0 Å². The van der Waals surface area contributed by atoms with E-state index in [-0.39, 0.29) is 6.03 Å². The highest BCUT2D eigenvalue weighted by Crippen LogP contribution is 2.25. The van der Waals surface area contributed by atoms with Crippen molar-refractivity contribution in [1.29, 1.82) is 5.26 Å². The molecule has 2 aromatic rings. The van der Waals surface area contributed by atoms with Gasteiger partial charge in [-0.2, -0.15) is 5.26 Å². The summed E-state index contributed by atoms with van der Waals surface area (Å²) in [5.74, 6) is 0. The molecule has 4 nitrogen and oxygen atoms in total. The molecule has 0 bridgehead atoms. The number of anilines is 1. The molecule has 0 fully saturated rings. The van der Waals surface area contributed by atoms with Crippen molar-refractivity contribution in [3.8, 4) is 6.07 Å². The number of nitrogens with one attached hydrogen (secondary N) is 1. The quantitative estimate of drug-likeness (QED) is 0.897.